The maximum atomic E-state index is 13.1. The lowest BCUT2D eigenvalue weighted by molar-refractivity contribution is -0.223. The molecule has 0 unspecified atom stereocenters. The molecule has 9 heteroatoms. The van der Waals surface area contributed by atoms with Crippen molar-refractivity contribution in [2.75, 3.05) is 19.8 Å². The highest BCUT2D eigenvalue weighted by Gasteiger charge is 2.48. The third-order valence-electron chi connectivity index (χ3n) is 4.45. The Morgan fingerprint density at radius 1 is 1.21 bits per heavy atom. The Bertz CT molecular complexity index is 638. The summed E-state index contributed by atoms with van der Waals surface area (Å²) >= 11 is 0. The lowest BCUT2D eigenvalue weighted by Crippen LogP contribution is -2.51. The Morgan fingerprint density at radius 2 is 1.86 bits per heavy atom. The van der Waals surface area contributed by atoms with E-state index in [-0.39, 0.29) is 24.4 Å². The van der Waals surface area contributed by atoms with Gasteiger partial charge in [-0.15, -0.1) is 0 Å². The molecule has 0 N–H and O–H groups in total. The number of esters is 1. The molecule has 0 radical (unpaired) electrons. The summed E-state index contributed by atoms with van der Waals surface area (Å²) < 4.78 is 27.2. The predicted molar refractivity (Wildman–Crippen MR) is 97.0 cm³/mol. The van der Waals surface area contributed by atoms with Gasteiger partial charge < -0.3 is 23.7 Å². The van der Waals surface area contributed by atoms with Crippen molar-refractivity contribution in [3.8, 4) is 0 Å². The molecule has 0 aromatic rings. The van der Waals surface area contributed by atoms with E-state index in [0.29, 0.717) is 6.61 Å². The lowest BCUT2D eigenvalue weighted by atomic mass is 9.86. The maximum Gasteiger partial charge on any atom is 0.417 e. The van der Waals surface area contributed by atoms with Gasteiger partial charge in [-0.1, -0.05) is 20.8 Å². The van der Waals surface area contributed by atoms with Crippen molar-refractivity contribution >= 4 is 18.0 Å². The molecule has 0 aromatic carbocycles. The molecule has 9 nitrogen and oxygen atoms in total. The van der Waals surface area contributed by atoms with E-state index in [9.17, 15) is 14.4 Å². The first-order valence-corrected chi connectivity index (χ1v) is 9.39. The Hall–Kier alpha value is -2.13. The SMILES string of the molecule is CCO[C@@H]1OC(C(=O)N2C(=O)OC[C@@H]2C(C)(C)C)=C[C@H](OCC)[C@@H]1OC(C)=O. The van der Waals surface area contributed by atoms with Crippen molar-refractivity contribution in [1.29, 1.82) is 0 Å². The van der Waals surface area contributed by atoms with Gasteiger partial charge >= 0.3 is 12.1 Å². The molecule has 4 atom stereocenters. The van der Waals surface area contributed by atoms with Crippen LogP contribution in [0.25, 0.3) is 0 Å². The van der Waals surface area contributed by atoms with Gasteiger partial charge in [-0.3, -0.25) is 9.59 Å². The Labute approximate surface area is 164 Å². The number of cyclic esters (lactones) is 1. The van der Waals surface area contributed by atoms with Crippen molar-refractivity contribution in [1.82, 2.24) is 4.90 Å². The first-order chi connectivity index (χ1) is 13.1. The highest BCUT2D eigenvalue weighted by Crippen LogP contribution is 2.32. The van der Waals surface area contributed by atoms with Crippen molar-refractivity contribution in [2.45, 2.75) is 66.1 Å². The van der Waals surface area contributed by atoms with Gasteiger partial charge in [-0.05, 0) is 25.3 Å². The first-order valence-electron chi connectivity index (χ1n) is 9.39. The average Bonchev–Trinajstić information content (AvgIpc) is 2.98. The minimum absolute atomic E-state index is 0.103. The lowest BCUT2D eigenvalue weighted by Gasteiger charge is -2.37. The summed E-state index contributed by atoms with van der Waals surface area (Å²) in [5.74, 6) is -1.27. The Morgan fingerprint density at radius 3 is 2.39 bits per heavy atom. The van der Waals surface area contributed by atoms with Gasteiger partial charge in [0, 0.05) is 20.1 Å². The standard InChI is InChI=1S/C19H29NO8/c1-7-24-12-9-13(28-17(25-8-2)15(12)27-11(3)21)16(22)20-14(19(4,5)6)10-26-18(20)23/h9,12,14-15,17H,7-8,10H2,1-6H3/t12-,14+,15-,17+/m0/s1. The van der Waals surface area contributed by atoms with Crippen LogP contribution in [0.4, 0.5) is 4.79 Å². The number of amides is 2. The van der Waals surface area contributed by atoms with Crippen LogP contribution in [0, 0.1) is 5.41 Å². The number of carbonyl (C=O) groups excluding carboxylic acids is 3. The van der Waals surface area contributed by atoms with Crippen LogP contribution in [0.2, 0.25) is 0 Å². The minimum atomic E-state index is -1.04. The molecule has 1 saturated heterocycles. The minimum Gasteiger partial charge on any atom is -0.455 e. The molecule has 0 spiro atoms. The van der Waals surface area contributed by atoms with Gasteiger partial charge in [0.2, 0.25) is 6.29 Å². The van der Waals surface area contributed by atoms with E-state index in [4.69, 9.17) is 23.7 Å². The summed E-state index contributed by atoms with van der Waals surface area (Å²) in [6, 6.07) is -0.445. The highest BCUT2D eigenvalue weighted by atomic mass is 16.7. The molecule has 2 aliphatic rings. The molecule has 28 heavy (non-hydrogen) atoms. The van der Waals surface area contributed by atoms with Crippen molar-refractivity contribution in [2.24, 2.45) is 5.41 Å². The first kappa shape index (κ1) is 22.2. The van der Waals surface area contributed by atoms with Crippen LogP contribution in [-0.4, -0.2) is 67.2 Å². The molecule has 0 aromatic heterocycles. The van der Waals surface area contributed by atoms with Crippen LogP contribution in [-0.2, 0) is 33.3 Å². The van der Waals surface area contributed by atoms with E-state index in [0.717, 1.165) is 4.90 Å². The molecule has 2 aliphatic heterocycles. The fourth-order valence-electron chi connectivity index (χ4n) is 3.10. The van der Waals surface area contributed by atoms with E-state index in [2.05, 4.69) is 0 Å². The zero-order valence-corrected chi connectivity index (χ0v) is 17.2. The number of carbonyl (C=O) groups is 3. The monoisotopic (exact) mass is 399 g/mol. The quantitative estimate of drug-likeness (QED) is 0.625. The second kappa shape index (κ2) is 8.91. The van der Waals surface area contributed by atoms with Crippen LogP contribution in [0.3, 0.4) is 0 Å². The molecule has 2 heterocycles. The topological polar surface area (TPSA) is 101 Å². The fourth-order valence-corrected chi connectivity index (χ4v) is 3.10. The van der Waals surface area contributed by atoms with Crippen LogP contribution in [0.15, 0.2) is 11.8 Å². The van der Waals surface area contributed by atoms with Gasteiger partial charge in [0.1, 0.15) is 12.7 Å². The van der Waals surface area contributed by atoms with Gasteiger partial charge in [0.15, 0.2) is 11.9 Å². The van der Waals surface area contributed by atoms with E-state index in [1.165, 1.54) is 13.0 Å². The molecule has 2 amide bonds. The normalized spacial score (nSPS) is 27.7. The van der Waals surface area contributed by atoms with Gasteiger partial charge in [0.25, 0.3) is 5.91 Å². The molecule has 0 saturated carbocycles. The third kappa shape index (κ3) is 4.82. The van der Waals surface area contributed by atoms with Crippen LogP contribution < -0.4 is 0 Å². The zero-order chi connectivity index (χ0) is 21.1. The van der Waals surface area contributed by atoms with Crippen LogP contribution >= 0.6 is 0 Å². The molecule has 0 bridgehead atoms. The van der Waals surface area contributed by atoms with Crippen molar-refractivity contribution in [3.05, 3.63) is 11.8 Å². The Kier molecular flexibility index (Phi) is 7.06. The number of hydrogen-bond donors (Lipinski definition) is 0. The average molecular weight is 399 g/mol. The summed E-state index contributed by atoms with van der Waals surface area (Å²) in [5, 5.41) is 0. The van der Waals surface area contributed by atoms with Crippen molar-refractivity contribution in [3.63, 3.8) is 0 Å². The van der Waals surface area contributed by atoms with Gasteiger partial charge in [0.05, 0.1) is 6.04 Å². The van der Waals surface area contributed by atoms with E-state index in [1.807, 2.05) is 20.8 Å². The number of hydrogen-bond acceptors (Lipinski definition) is 8. The zero-order valence-electron chi connectivity index (χ0n) is 17.2. The third-order valence-corrected chi connectivity index (χ3v) is 4.45. The summed E-state index contributed by atoms with van der Waals surface area (Å²) in [6.07, 6.45) is -1.98. The number of rotatable bonds is 6. The van der Waals surface area contributed by atoms with E-state index >= 15 is 0 Å². The van der Waals surface area contributed by atoms with Gasteiger partial charge in [-0.2, -0.15) is 0 Å². The van der Waals surface area contributed by atoms with Crippen LogP contribution in [0.5, 0.6) is 0 Å². The van der Waals surface area contributed by atoms with Crippen molar-refractivity contribution < 1.29 is 38.1 Å². The summed E-state index contributed by atoms with van der Waals surface area (Å²) in [7, 11) is 0. The summed E-state index contributed by atoms with van der Waals surface area (Å²) in [5.41, 5.74) is -0.379. The molecular formula is C19H29NO8. The fraction of sp³-hybridized carbons (Fsp3) is 0.737. The molecule has 0 aliphatic carbocycles. The second-order valence-corrected chi connectivity index (χ2v) is 7.60. The highest BCUT2D eigenvalue weighted by molar-refractivity contribution is 6.02. The number of nitrogens with zero attached hydrogens (tertiary/aromatic N) is 1. The number of ether oxygens (including phenoxy) is 5. The smallest absolute Gasteiger partial charge is 0.417 e. The molecular weight excluding hydrogens is 370 g/mol. The largest absolute Gasteiger partial charge is 0.455 e. The van der Waals surface area contributed by atoms with Crippen LogP contribution in [0.1, 0.15) is 41.5 Å². The van der Waals surface area contributed by atoms with E-state index in [1.54, 1.807) is 13.8 Å². The predicted octanol–water partition coefficient (Wildman–Crippen LogP) is 1.99. The molecule has 1 fully saturated rings. The maximum absolute atomic E-state index is 13.1. The second-order valence-electron chi connectivity index (χ2n) is 7.60. The molecule has 2 rings (SSSR count). The summed E-state index contributed by atoms with van der Waals surface area (Å²) in [6.45, 7) is 11.2. The van der Waals surface area contributed by atoms with Gasteiger partial charge in [-0.25, -0.2) is 9.69 Å². The molecule has 158 valence electrons. The Balaban J connectivity index is 2.35. The van der Waals surface area contributed by atoms with E-state index < -0.39 is 42.5 Å². The summed E-state index contributed by atoms with van der Waals surface area (Å²) in [4.78, 5) is 37.9. The number of imide groups is 1.